The fourth-order valence-corrected chi connectivity index (χ4v) is 3.94. The van der Waals surface area contributed by atoms with E-state index in [0.29, 0.717) is 13.1 Å². The van der Waals surface area contributed by atoms with Gasteiger partial charge in [0.05, 0.1) is 18.7 Å². The Bertz CT molecular complexity index is 826. The first-order valence-electron chi connectivity index (χ1n) is 10.6. The number of benzene rings is 2. The number of aliphatic hydroxyl groups is 1. The number of β-amino-alcohol motifs (C(OH)–C–C–N with tert-alkyl or cyclic N) is 1. The Morgan fingerprint density at radius 2 is 1.83 bits per heavy atom. The molecule has 164 valence electrons. The lowest BCUT2D eigenvalue weighted by Gasteiger charge is -2.30. The molecule has 0 bridgehead atoms. The van der Waals surface area contributed by atoms with Crippen molar-refractivity contribution in [2.24, 2.45) is 4.99 Å². The Morgan fingerprint density at radius 3 is 2.57 bits per heavy atom. The van der Waals surface area contributed by atoms with Crippen molar-refractivity contribution in [3.63, 3.8) is 0 Å². The highest BCUT2D eigenvalue weighted by Gasteiger charge is 2.18. The summed E-state index contributed by atoms with van der Waals surface area (Å²) in [6.07, 6.45) is 0.564. The van der Waals surface area contributed by atoms with Crippen LogP contribution in [0, 0.1) is 6.92 Å². The zero-order valence-corrected chi connectivity index (χ0v) is 20.6. The number of nitrogens with zero attached hydrogens (tertiary/aromatic N) is 2. The summed E-state index contributed by atoms with van der Waals surface area (Å²) >= 11 is 0. The van der Waals surface area contributed by atoms with E-state index in [0.717, 1.165) is 32.0 Å². The number of nitrogens with one attached hydrogen (secondary N) is 2. The second-order valence-corrected chi connectivity index (χ2v) is 7.85. The van der Waals surface area contributed by atoms with Crippen molar-refractivity contribution >= 4 is 29.9 Å². The van der Waals surface area contributed by atoms with E-state index in [1.807, 2.05) is 0 Å². The van der Waals surface area contributed by atoms with Crippen molar-refractivity contribution in [2.45, 2.75) is 45.9 Å². The average Bonchev–Trinajstić information content (AvgIpc) is 2.72. The predicted molar refractivity (Wildman–Crippen MR) is 136 cm³/mol. The van der Waals surface area contributed by atoms with Crippen LogP contribution in [0.5, 0.6) is 0 Å². The standard InChI is InChI=1S/C24H34N4O.HI/c1-4-25-24(27-19(3)23-12-8-5-9-18(23)2)26-15-22(29)17-28-14-13-20-10-6-7-11-21(20)16-28;/h5-12,19,22,29H,4,13-17H2,1-3H3,(H2,25,26,27);1H. The lowest BCUT2D eigenvalue weighted by Crippen LogP contribution is -2.41. The normalized spacial score (nSPS) is 16.2. The van der Waals surface area contributed by atoms with E-state index >= 15 is 0 Å². The SMILES string of the molecule is CCNC(=NCC(O)CN1CCc2ccccc2C1)NC(C)c1ccccc1C.I. The predicted octanol–water partition coefficient (Wildman–Crippen LogP) is 3.65. The molecule has 0 aliphatic carbocycles. The van der Waals surface area contributed by atoms with Gasteiger partial charge in [-0.3, -0.25) is 9.89 Å². The highest BCUT2D eigenvalue weighted by Crippen LogP contribution is 2.19. The smallest absolute Gasteiger partial charge is 0.191 e. The average molecular weight is 522 g/mol. The van der Waals surface area contributed by atoms with E-state index in [2.05, 4.69) is 89.8 Å². The van der Waals surface area contributed by atoms with Crippen LogP contribution in [0.2, 0.25) is 0 Å². The molecule has 0 saturated carbocycles. The van der Waals surface area contributed by atoms with Gasteiger partial charge in [0.1, 0.15) is 0 Å². The van der Waals surface area contributed by atoms with Crippen LogP contribution in [-0.2, 0) is 13.0 Å². The molecule has 3 N–H and O–H groups in total. The molecule has 0 aromatic heterocycles. The number of guanidine groups is 1. The first-order chi connectivity index (χ1) is 14.1. The van der Waals surface area contributed by atoms with Crippen LogP contribution in [0.25, 0.3) is 0 Å². The number of aliphatic imine (C=N–C) groups is 1. The third-order valence-corrected chi connectivity index (χ3v) is 5.49. The van der Waals surface area contributed by atoms with Gasteiger partial charge in [-0.25, -0.2) is 0 Å². The first-order valence-corrected chi connectivity index (χ1v) is 10.6. The second kappa shape index (κ2) is 12.3. The monoisotopic (exact) mass is 522 g/mol. The highest BCUT2D eigenvalue weighted by molar-refractivity contribution is 14.0. The molecule has 2 unspecified atom stereocenters. The van der Waals surface area contributed by atoms with E-state index < -0.39 is 6.10 Å². The fraction of sp³-hybridized carbons (Fsp3) is 0.458. The summed E-state index contributed by atoms with van der Waals surface area (Å²) in [5.41, 5.74) is 5.32. The molecule has 0 radical (unpaired) electrons. The van der Waals surface area contributed by atoms with E-state index in [1.54, 1.807) is 0 Å². The summed E-state index contributed by atoms with van der Waals surface area (Å²) in [6.45, 7) is 10.0. The van der Waals surface area contributed by atoms with Gasteiger partial charge < -0.3 is 15.7 Å². The van der Waals surface area contributed by atoms with Gasteiger partial charge in [0.25, 0.3) is 0 Å². The molecule has 2 aromatic rings. The zero-order chi connectivity index (χ0) is 20.6. The zero-order valence-electron chi connectivity index (χ0n) is 18.3. The van der Waals surface area contributed by atoms with E-state index in [4.69, 9.17) is 0 Å². The summed E-state index contributed by atoms with van der Waals surface area (Å²) in [6, 6.07) is 17.1. The van der Waals surface area contributed by atoms with Gasteiger partial charge in [-0.1, -0.05) is 48.5 Å². The quantitative estimate of drug-likeness (QED) is 0.295. The molecule has 5 nitrogen and oxygen atoms in total. The minimum atomic E-state index is -0.482. The highest BCUT2D eigenvalue weighted by atomic mass is 127. The second-order valence-electron chi connectivity index (χ2n) is 7.85. The maximum absolute atomic E-state index is 10.6. The third kappa shape index (κ3) is 6.96. The van der Waals surface area contributed by atoms with Gasteiger partial charge in [-0.05, 0) is 49.4 Å². The van der Waals surface area contributed by atoms with Crippen molar-refractivity contribution in [2.75, 3.05) is 26.2 Å². The molecule has 2 atom stereocenters. The number of aliphatic hydroxyl groups excluding tert-OH is 1. The number of rotatable bonds is 7. The van der Waals surface area contributed by atoms with E-state index in [1.165, 1.54) is 22.3 Å². The molecule has 0 spiro atoms. The summed E-state index contributed by atoms with van der Waals surface area (Å²) in [7, 11) is 0. The molecular formula is C24H35IN4O. The van der Waals surface area contributed by atoms with Gasteiger partial charge in [0, 0.05) is 26.2 Å². The maximum atomic E-state index is 10.6. The number of hydrogen-bond acceptors (Lipinski definition) is 3. The van der Waals surface area contributed by atoms with E-state index in [-0.39, 0.29) is 30.0 Å². The van der Waals surface area contributed by atoms with Crippen molar-refractivity contribution in [3.05, 3.63) is 70.8 Å². The summed E-state index contributed by atoms with van der Waals surface area (Å²) in [4.78, 5) is 6.95. The number of halogens is 1. The van der Waals surface area contributed by atoms with Crippen LogP contribution in [0.3, 0.4) is 0 Å². The number of fused-ring (bicyclic) bond motifs is 1. The summed E-state index contributed by atoms with van der Waals surface area (Å²) in [5, 5.41) is 17.3. The molecule has 0 saturated heterocycles. The fourth-order valence-electron chi connectivity index (χ4n) is 3.94. The molecule has 1 aliphatic heterocycles. The molecule has 0 amide bonds. The maximum Gasteiger partial charge on any atom is 0.191 e. The van der Waals surface area contributed by atoms with Crippen LogP contribution < -0.4 is 10.6 Å². The minimum absolute atomic E-state index is 0. The Balaban J connectivity index is 0.00000320. The van der Waals surface area contributed by atoms with Crippen LogP contribution in [-0.4, -0.2) is 48.2 Å². The van der Waals surface area contributed by atoms with Gasteiger partial charge >= 0.3 is 0 Å². The number of hydrogen-bond donors (Lipinski definition) is 3. The summed E-state index contributed by atoms with van der Waals surface area (Å²) in [5.74, 6) is 0.742. The van der Waals surface area contributed by atoms with Gasteiger partial charge in [0.15, 0.2) is 5.96 Å². The molecule has 2 aromatic carbocycles. The van der Waals surface area contributed by atoms with Crippen LogP contribution >= 0.6 is 24.0 Å². The molecule has 3 rings (SSSR count). The van der Waals surface area contributed by atoms with Crippen molar-refractivity contribution in [1.82, 2.24) is 15.5 Å². The van der Waals surface area contributed by atoms with Gasteiger partial charge in [-0.15, -0.1) is 24.0 Å². The molecule has 1 heterocycles. The third-order valence-electron chi connectivity index (χ3n) is 5.49. The Kier molecular flexibility index (Phi) is 10.1. The Labute approximate surface area is 198 Å². The Morgan fingerprint density at radius 1 is 1.13 bits per heavy atom. The van der Waals surface area contributed by atoms with Crippen molar-refractivity contribution < 1.29 is 5.11 Å². The lowest BCUT2D eigenvalue weighted by molar-refractivity contribution is 0.111. The van der Waals surface area contributed by atoms with Crippen LogP contribution in [0.15, 0.2) is 53.5 Å². The van der Waals surface area contributed by atoms with Crippen LogP contribution in [0.4, 0.5) is 0 Å². The topological polar surface area (TPSA) is 59.9 Å². The molecule has 30 heavy (non-hydrogen) atoms. The molecular weight excluding hydrogens is 487 g/mol. The van der Waals surface area contributed by atoms with Crippen molar-refractivity contribution in [1.29, 1.82) is 0 Å². The Hall–Kier alpha value is -1.64. The van der Waals surface area contributed by atoms with Crippen molar-refractivity contribution in [3.8, 4) is 0 Å². The van der Waals surface area contributed by atoms with Gasteiger partial charge in [0.2, 0.25) is 0 Å². The summed E-state index contributed by atoms with van der Waals surface area (Å²) < 4.78 is 0. The first kappa shape index (κ1) is 24.6. The van der Waals surface area contributed by atoms with E-state index in [9.17, 15) is 5.11 Å². The van der Waals surface area contributed by atoms with Crippen LogP contribution in [0.1, 0.15) is 42.1 Å². The largest absolute Gasteiger partial charge is 0.390 e. The lowest BCUT2D eigenvalue weighted by atomic mass is 10.00. The molecule has 0 fully saturated rings. The number of aryl methyl sites for hydroxylation is 1. The minimum Gasteiger partial charge on any atom is -0.390 e. The molecule has 6 heteroatoms. The van der Waals surface area contributed by atoms with Gasteiger partial charge in [-0.2, -0.15) is 0 Å². The molecule has 1 aliphatic rings.